The van der Waals surface area contributed by atoms with Crippen molar-refractivity contribution in [1.29, 1.82) is 0 Å². The van der Waals surface area contributed by atoms with Crippen LogP contribution in [-0.2, 0) is 19.5 Å². The summed E-state index contributed by atoms with van der Waals surface area (Å²) < 4.78 is 7.64. The Kier molecular flexibility index (Phi) is 5.54. The van der Waals surface area contributed by atoms with Crippen LogP contribution in [0.3, 0.4) is 0 Å². The number of carbonyl (C=O) groups excluding carboxylic acids is 1. The maximum Gasteiger partial charge on any atom is 0.257 e. The first-order chi connectivity index (χ1) is 13.0. The van der Waals surface area contributed by atoms with Gasteiger partial charge in [-0.15, -0.1) is 0 Å². The van der Waals surface area contributed by atoms with Gasteiger partial charge in [-0.3, -0.25) is 14.6 Å². The van der Waals surface area contributed by atoms with Gasteiger partial charge in [-0.05, 0) is 44.5 Å². The Morgan fingerprint density at radius 3 is 2.67 bits per heavy atom. The number of carbonyl (C=O) groups is 1. The van der Waals surface area contributed by atoms with E-state index in [4.69, 9.17) is 4.42 Å². The molecule has 0 saturated heterocycles. The summed E-state index contributed by atoms with van der Waals surface area (Å²) in [5, 5.41) is 2.81. The third-order valence-corrected chi connectivity index (χ3v) is 4.45. The zero-order valence-corrected chi connectivity index (χ0v) is 15.8. The number of aromatic nitrogens is 2. The van der Waals surface area contributed by atoms with Crippen molar-refractivity contribution in [3.8, 4) is 0 Å². The minimum absolute atomic E-state index is 0.183. The number of nitrogens with zero attached hydrogens (tertiary/aromatic N) is 2. The molecule has 27 heavy (non-hydrogen) atoms. The van der Waals surface area contributed by atoms with E-state index in [0.29, 0.717) is 18.7 Å². The van der Waals surface area contributed by atoms with E-state index in [1.165, 1.54) is 6.07 Å². The molecule has 0 fully saturated rings. The molecule has 6 nitrogen and oxygen atoms in total. The Hall–Kier alpha value is -3.15. The first kappa shape index (κ1) is 18.6. The topological polar surface area (TPSA) is 77.1 Å². The molecule has 0 bridgehead atoms. The minimum atomic E-state index is -0.383. The summed E-state index contributed by atoms with van der Waals surface area (Å²) in [6, 6.07) is 10.8. The largest absolute Gasteiger partial charge is 0.464 e. The highest BCUT2D eigenvalue weighted by atomic mass is 16.3. The highest BCUT2D eigenvalue weighted by Gasteiger charge is 2.19. The molecule has 0 aliphatic carbocycles. The average molecular weight is 365 g/mol. The zero-order valence-electron chi connectivity index (χ0n) is 15.8. The Morgan fingerprint density at radius 1 is 1.22 bits per heavy atom. The predicted octanol–water partition coefficient (Wildman–Crippen LogP) is 2.99. The summed E-state index contributed by atoms with van der Waals surface area (Å²) in [5.74, 6) is 1.23. The lowest BCUT2D eigenvalue weighted by molar-refractivity contribution is 0.0947. The van der Waals surface area contributed by atoms with E-state index in [1.807, 2.05) is 55.7 Å². The van der Waals surface area contributed by atoms with Gasteiger partial charge in [-0.1, -0.05) is 13.0 Å². The van der Waals surface area contributed by atoms with E-state index in [1.54, 1.807) is 6.20 Å². The van der Waals surface area contributed by atoms with E-state index in [-0.39, 0.29) is 23.4 Å². The highest BCUT2D eigenvalue weighted by molar-refractivity contribution is 5.95. The van der Waals surface area contributed by atoms with E-state index in [2.05, 4.69) is 10.3 Å². The lowest BCUT2D eigenvalue weighted by atomic mass is 10.1. The van der Waals surface area contributed by atoms with Crippen molar-refractivity contribution in [2.75, 3.05) is 0 Å². The van der Waals surface area contributed by atoms with Crippen molar-refractivity contribution in [2.24, 2.45) is 0 Å². The number of amides is 1. The number of nitrogens with one attached hydrogen (secondary N) is 1. The quantitative estimate of drug-likeness (QED) is 0.728. The molecule has 3 aromatic rings. The van der Waals surface area contributed by atoms with Crippen LogP contribution in [0.15, 0.2) is 51.8 Å². The lowest BCUT2D eigenvalue weighted by Gasteiger charge is -2.18. The molecule has 140 valence electrons. The third-order valence-electron chi connectivity index (χ3n) is 4.45. The highest BCUT2D eigenvalue weighted by Crippen LogP contribution is 2.15. The average Bonchev–Trinajstić information content (AvgIpc) is 3.07. The van der Waals surface area contributed by atoms with E-state index in [0.717, 1.165) is 22.9 Å². The standard InChI is InChI=1S/C21H23N3O3/c1-4-18-20(21(26)23-12-16-7-5-6-10-22-16)19(25)11-14(2)24(18)13-17-9-8-15(3)27-17/h5-11H,4,12-13H2,1-3H3,(H,23,26). The summed E-state index contributed by atoms with van der Waals surface area (Å²) in [6.45, 7) is 6.44. The summed E-state index contributed by atoms with van der Waals surface area (Å²) in [6.07, 6.45) is 2.23. The van der Waals surface area contributed by atoms with Gasteiger partial charge in [0.1, 0.15) is 17.1 Å². The number of rotatable bonds is 6. The summed E-state index contributed by atoms with van der Waals surface area (Å²) in [5.41, 5.74) is 2.15. The normalized spacial score (nSPS) is 10.8. The van der Waals surface area contributed by atoms with Crippen molar-refractivity contribution >= 4 is 5.91 Å². The first-order valence-corrected chi connectivity index (χ1v) is 8.96. The predicted molar refractivity (Wildman–Crippen MR) is 103 cm³/mol. The Balaban J connectivity index is 1.92. The van der Waals surface area contributed by atoms with Gasteiger partial charge in [0, 0.05) is 23.7 Å². The maximum atomic E-state index is 12.8. The second-order valence-electron chi connectivity index (χ2n) is 6.43. The first-order valence-electron chi connectivity index (χ1n) is 8.96. The fraction of sp³-hybridized carbons (Fsp3) is 0.286. The van der Waals surface area contributed by atoms with E-state index < -0.39 is 0 Å². The molecule has 1 amide bonds. The minimum Gasteiger partial charge on any atom is -0.464 e. The van der Waals surface area contributed by atoms with Crippen molar-refractivity contribution < 1.29 is 9.21 Å². The van der Waals surface area contributed by atoms with Crippen LogP contribution in [0.25, 0.3) is 0 Å². The maximum absolute atomic E-state index is 12.8. The van der Waals surface area contributed by atoms with Crippen molar-refractivity contribution in [2.45, 2.75) is 40.3 Å². The number of furan rings is 1. The fourth-order valence-corrected chi connectivity index (χ4v) is 3.15. The Morgan fingerprint density at radius 2 is 2.04 bits per heavy atom. The van der Waals surface area contributed by atoms with Gasteiger partial charge in [0.05, 0.1) is 18.8 Å². The second kappa shape index (κ2) is 8.03. The van der Waals surface area contributed by atoms with Crippen molar-refractivity contribution in [3.05, 3.63) is 87.0 Å². The van der Waals surface area contributed by atoms with Crippen LogP contribution in [0.5, 0.6) is 0 Å². The van der Waals surface area contributed by atoms with Crippen LogP contribution in [0, 0.1) is 13.8 Å². The van der Waals surface area contributed by atoms with Gasteiger partial charge in [0.25, 0.3) is 5.91 Å². The molecule has 3 aromatic heterocycles. The van der Waals surface area contributed by atoms with Gasteiger partial charge < -0.3 is 14.3 Å². The van der Waals surface area contributed by atoms with E-state index in [9.17, 15) is 9.59 Å². The molecule has 0 radical (unpaired) electrons. The number of hydrogen-bond acceptors (Lipinski definition) is 4. The molecule has 3 rings (SSSR count). The molecule has 0 aliphatic heterocycles. The van der Waals surface area contributed by atoms with Gasteiger partial charge in [0.2, 0.25) is 0 Å². The molecular weight excluding hydrogens is 342 g/mol. The number of aryl methyl sites for hydroxylation is 2. The lowest BCUT2D eigenvalue weighted by Crippen LogP contribution is -2.32. The number of pyridine rings is 2. The second-order valence-corrected chi connectivity index (χ2v) is 6.43. The third kappa shape index (κ3) is 4.16. The molecule has 0 aromatic carbocycles. The Bertz CT molecular complexity index is 1000. The van der Waals surface area contributed by atoms with Gasteiger partial charge in [-0.25, -0.2) is 0 Å². The molecule has 1 N–H and O–H groups in total. The molecule has 0 atom stereocenters. The molecule has 0 saturated carbocycles. The van der Waals surface area contributed by atoms with Crippen molar-refractivity contribution in [3.63, 3.8) is 0 Å². The molecule has 0 spiro atoms. The summed E-state index contributed by atoms with van der Waals surface area (Å²) in [7, 11) is 0. The van der Waals surface area contributed by atoms with E-state index >= 15 is 0 Å². The van der Waals surface area contributed by atoms with Crippen LogP contribution in [0.2, 0.25) is 0 Å². The molecular formula is C21H23N3O3. The smallest absolute Gasteiger partial charge is 0.257 e. The SMILES string of the molecule is CCc1c(C(=O)NCc2ccccn2)c(=O)cc(C)n1Cc1ccc(C)o1. The summed E-state index contributed by atoms with van der Waals surface area (Å²) in [4.78, 5) is 29.5. The van der Waals surface area contributed by atoms with Crippen LogP contribution >= 0.6 is 0 Å². The van der Waals surface area contributed by atoms with Crippen molar-refractivity contribution in [1.82, 2.24) is 14.9 Å². The molecule has 6 heteroatoms. The van der Waals surface area contributed by atoms with Gasteiger partial charge in [-0.2, -0.15) is 0 Å². The van der Waals surface area contributed by atoms with Gasteiger partial charge >= 0.3 is 0 Å². The molecule has 3 heterocycles. The molecule has 0 unspecified atom stereocenters. The molecule has 0 aliphatic rings. The number of hydrogen-bond donors (Lipinski definition) is 1. The Labute approximate surface area is 157 Å². The van der Waals surface area contributed by atoms with Crippen LogP contribution in [0.4, 0.5) is 0 Å². The van der Waals surface area contributed by atoms with Crippen LogP contribution < -0.4 is 10.7 Å². The fourth-order valence-electron chi connectivity index (χ4n) is 3.15. The monoisotopic (exact) mass is 365 g/mol. The summed E-state index contributed by atoms with van der Waals surface area (Å²) >= 11 is 0. The van der Waals surface area contributed by atoms with Crippen LogP contribution in [0.1, 0.15) is 45.9 Å². The van der Waals surface area contributed by atoms with Gasteiger partial charge in [0.15, 0.2) is 5.43 Å². The van der Waals surface area contributed by atoms with Crippen LogP contribution in [-0.4, -0.2) is 15.5 Å². The zero-order chi connectivity index (χ0) is 19.4.